The highest BCUT2D eigenvalue weighted by Gasteiger charge is 2.15. The zero-order valence-corrected chi connectivity index (χ0v) is 10.4. The summed E-state index contributed by atoms with van der Waals surface area (Å²) >= 11 is 4.57. The van der Waals surface area contributed by atoms with Crippen molar-refractivity contribution in [3.8, 4) is 0 Å². The van der Waals surface area contributed by atoms with E-state index in [1.807, 2.05) is 0 Å². The Bertz CT molecular complexity index is 532. The summed E-state index contributed by atoms with van der Waals surface area (Å²) in [4.78, 5) is 12.5. The third kappa shape index (κ3) is 2.15. The van der Waals surface area contributed by atoms with Gasteiger partial charge in [0.15, 0.2) is 0 Å². The first-order chi connectivity index (χ1) is 7.58. The number of hydrogen-bond acceptors (Lipinski definition) is 3. The molecule has 0 bridgehead atoms. The molecule has 5 heteroatoms. The summed E-state index contributed by atoms with van der Waals surface area (Å²) in [5.74, 6) is -0.732. The number of benzene rings is 1. The SMILES string of the molecule is Nc1cc(F)cc(C(=O)c2sccc2Br)c1. The molecule has 0 aliphatic heterocycles. The quantitative estimate of drug-likeness (QED) is 0.682. The van der Waals surface area contributed by atoms with Crippen LogP contribution in [0.4, 0.5) is 10.1 Å². The van der Waals surface area contributed by atoms with Gasteiger partial charge in [-0.25, -0.2) is 4.39 Å². The lowest BCUT2D eigenvalue weighted by Gasteiger charge is -2.01. The van der Waals surface area contributed by atoms with E-state index in [-0.39, 0.29) is 17.0 Å². The first-order valence-electron chi connectivity index (χ1n) is 4.41. The van der Waals surface area contributed by atoms with Crippen molar-refractivity contribution in [2.24, 2.45) is 0 Å². The Kier molecular flexibility index (Phi) is 3.07. The predicted octanol–water partition coefficient (Wildman–Crippen LogP) is 3.46. The lowest BCUT2D eigenvalue weighted by atomic mass is 10.1. The molecule has 1 aromatic heterocycles. The standard InChI is InChI=1S/C11H7BrFNOS/c12-9-1-2-16-11(9)10(15)6-3-7(13)5-8(14)4-6/h1-5H,14H2. The van der Waals surface area contributed by atoms with Crippen LogP contribution in [0.15, 0.2) is 34.1 Å². The van der Waals surface area contributed by atoms with E-state index < -0.39 is 5.82 Å². The number of anilines is 1. The number of hydrogen-bond donors (Lipinski definition) is 1. The number of ketones is 1. The minimum Gasteiger partial charge on any atom is -0.399 e. The molecule has 0 fully saturated rings. The number of thiophene rings is 1. The first-order valence-corrected chi connectivity index (χ1v) is 6.09. The highest BCUT2D eigenvalue weighted by molar-refractivity contribution is 9.10. The lowest BCUT2D eigenvalue weighted by molar-refractivity contribution is 0.104. The van der Waals surface area contributed by atoms with Gasteiger partial charge in [0.1, 0.15) is 5.82 Å². The molecule has 2 N–H and O–H groups in total. The van der Waals surface area contributed by atoms with Crippen molar-refractivity contribution < 1.29 is 9.18 Å². The number of carbonyl (C=O) groups excluding carboxylic acids is 1. The molecule has 82 valence electrons. The summed E-state index contributed by atoms with van der Waals surface area (Å²) in [7, 11) is 0. The molecule has 2 nitrogen and oxygen atoms in total. The van der Waals surface area contributed by atoms with Gasteiger partial charge in [0.25, 0.3) is 0 Å². The fourth-order valence-electron chi connectivity index (χ4n) is 1.33. The minimum absolute atomic E-state index is 0.229. The number of rotatable bonds is 2. The van der Waals surface area contributed by atoms with E-state index in [1.54, 1.807) is 11.4 Å². The third-order valence-electron chi connectivity index (χ3n) is 2.01. The van der Waals surface area contributed by atoms with Gasteiger partial charge in [-0.15, -0.1) is 11.3 Å². The Morgan fingerprint density at radius 2 is 2.12 bits per heavy atom. The van der Waals surface area contributed by atoms with Gasteiger partial charge >= 0.3 is 0 Å². The van der Waals surface area contributed by atoms with E-state index in [4.69, 9.17) is 5.73 Å². The van der Waals surface area contributed by atoms with Crippen molar-refractivity contribution in [3.63, 3.8) is 0 Å². The fourth-order valence-corrected chi connectivity index (χ4v) is 2.84. The maximum atomic E-state index is 13.1. The van der Waals surface area contributed by atoms with Crippen LogP contribution in [-0.4, -0.2) is 5.78 Å². The molecule has 1 aromatic carbocycles. The van der Waals surface area contributed by atoms with Crippen molar-refractivity contribution in [2.45, 2.75) is 0 Å². The van der Waals surface area contributed by atoms with Gasteiger partial charge in [-0.05, 0) is 45.6 Å². The monoisotopic (exact) mass is 299 g/mol. The molecule has 0 unspecified atom stereocenters. The van der Waals surface area contributed by atoms with Crippen LogP contribution in [0, 0.1) is 5.82 Å². The topological polar surface area (TPSA) is 43.1 Å². The van der Waals surface area contributed by atoms with Crippen molar-refractivity contribution in [1.29, 1.82) is 0 Å². The highest BCUT2D eigenvalue weighted by Crippen LogP contribution is 2.26. The van der Waals surface area contributed by atoms with Crippen LogP contribution < -0.4 is 5.73 Å². The Morgan fingerprint density at radius 1 is 1.38 bits per heavy atom. The van der Waals surface area contributed by atoms with E-state index >= 15 is 0 Å². The highest BCUT2D eigenvalue weighted by atomic mass is 79.9. The van der Waals surface area contributed by atoms with Crippen molar-refractivity contribution >= 4 is 38.7 Å². The molecule has 2 rings (SSSR count). The van der Waals surface area contributed by atoms with Gasteiger partial charge in [-0.3, -0.25) is 4.79 Å². The van der Waals surface area contributed by atoms with Gasteiger partial charge in [0.05, 0.1) is 4.88 Å². The molecule has 1 heterocycles. The van der Waals surface area contributed by atoms with E-state index in [1.165, 1.54) is 29.5 Å². The summed E-state index contributed by atoms with van der Waals surface area (Å²) in [6.07, 6.45) is 0. The van der Waals surface area contributed by atoms with Gasteiger partial charge in [0.2, 0.25) is 5.78 Å². The molecule has 0 saturated heterocycles. The smallest absolute Gasteiger partial charge is 0.204 e. The summed E-state index contributed by atoms with van der Waals surface area (Å²) in [6.45, 7) is 0. The fraction of sp³-hybridized carbons (Fsp3) is 0. The van der Waals surface area contributed by atoms with Crippen LogP contribution in [0.5, 0.6) is 0 Å². The van der Waals surface area contributed by atoms with Crippen molar-refractivity contribution in [1.82, 2.24) is 0 Å². The van der Waals surface area contributed by atoms with E-state index in [9.17, 15) is 9.18 Å². The van der Waals surface area contributed by atoms with Crippen LogP contribution >= 0.6 is 27.3 Å². The molecule has 2 aromatic rings. The van der Waals surface area contributed by atoms with Crippen LogP contribution in [0.1, 0.15) is 15.2 Å². The van der Waals surface area contributed by atoms with Crippen molar-refractivity contribution in [3.05, 3.63) is 50.4 Å². The third-order valence-corrected chi connectivity index (χ3v) is 3.84. The molecule has 0 aliphatic rings. The molecule has 0 radical (unpaired) electrons. The summed E-state index contributed by atoms with van der Waals surface area (Å²) in [5.41, 5.74) is 6.00. The van der Waals surface area contributed by atoms with Crippen LogP contribution in [0.2, 0.25) is 0 Å². The van der Waals surface area contributed by atoms with Gasteiger partial charge in [0, 0.05) is 15.7 Å². The zero-order chi connectivity index (χ0) is 11.7. The lowest BCUT2D eigenvalue weighted by Crippen LogP contribution is -2.01. The number of carbonyl (C=O) groups is 1. The molecular formula is C11H7BrFNOS. The van der Waals surface area contributed by atoms with E-state index in [0.717, 1.165) is 0 Å². The van der Waals surface area contributed by atoms with Gasteiger partial charge < -0.3 is 5.73 Å². The molecule has 0 spiro atoms. The second-order valence-electron chi connectivity index (χ2n) is 3.20. The number of nitrogens with two attached hydrogens (primary N) is 1. The van der Waals surface area contributed by atoms with E-state index in [2.05, 4.69) is 15.9 Å². The number of halogens is 2. The number of nitrogen functional groups attached to an aromatic ring is 1. The minimum atomic E-state index is -0.504. The molecule has 0 saturated carbocycles. The van der Waals surface area contributed by atoms with Crippen LogP contribution in [0.3, 0.4) is 0 Å². The average molecular weight is 300 g/mol. The Labute approximate surface area is 104 Å². The summed E-state index contributed by atoms with van der Waals surface area (Å²) in [5, 5.41) is 1.79. The van der Waals surface area contributed by atoms with E-state index in [0.29, 0.717) is 9.35 Å². The molecule has 0 amide bonds. The molecule has 0 atom stereocenters. The maximum Gasteiger partial charge on any atom is 0.204 e. The average Bonchev–Trinajstić information content (AvgIpc) is 2.62. The largest absolute Gasteiger partial charge is 0.399 e. The second kappa shape index (κ2) is 4.35. The second-order valence-corrected chi connectivity index (χ2v) is 4.97. The van der Waals surface area contributed by atoms with Gasteiger partial charge in [-0.1, -0.05) is 0 Å². The zero-order valence-electron chi connectivity index (χ0n) is 8.04. The molecule has 0 aliphatic carbocycles. The molecular weight excluding hydrogens is 293 g/mol. The Balaban J connectivity index is 2.45. The summed E-state index contributed by atoms with van der Waals surface area (Å²) in [6, 6.07) is 5.61. The van der Waals surface area contributed by atoms with Crippen molar-refractivity contribution in [2.75, 3.05) is 5.73 Å². The Hall–Kier alpha value is -1.20. The molecule has 16 heavy (non-hydrogen) atoms. The maximum absolute atomic E-state index is 13.1. The van der Waals surface area contributed by atoms with Gasteiger partial charge in [-0.2, -0.15) is 0 Å². The first kappa shape index (κ1) is 11.3. The van der Waals surface area contributed by atoms with Crippen LogP contribution in [-0.2, 0) is 0 Å². The Morgan fingerprint density at radius 3 is 2.69 bits per heavy atom. The normalized spacial score (nSPS) is 10.4. The summed E-state index contributed by atoms with van der Waals surface area (Å²) < 4.78 is 13.8. The van der Waals surface area contributed by atoms with Crippen LogP contribution in [0.25, 0.3) is 0 Å². The predicted molar refractivity (Wildman–Crippen MR) is 66.3 cm³/mol.